The molecule has 0 radical (unpaired) electrons. The van der Waals surface area contributed by atoms with E-state index in [0.29, 0.717) is 25.7 Å². The van der Waals surface area contributed by atoms with Crippen molar-refractivity contribution in [1.29, 1.82) is 0 Å². The van der Waals surface area contributed by atoms with Gasteiger partial charge >= 0.3 is 39.5 Å². The molecule has 600 valence electrons. The number of hydrogen-bond donors (Lipinski definition) is 3. The standard InChI is InChI=1S/C82H160O17P2/c1-7-9-11-13-15-17-19-20-21-22-23-24-25-30-33-37-41-48-54-60-66-81(86)98-77(70-93-80(85)65-59-53-47-40-36-32-29-27-26-28-31-35-38-44-50-56-62-74(3)4)72-96-100(88,89)94-68-76(83)69-95-101(90,91)97-73-78(99-82(87)67-61-55-49-43-42-45-51-57-63-75(5)6)71-92-79(84)64-58-52-46-39-34-18-16-14-12-10-8-2/h74-78,83H,7-73H2,1-6H3,(H,88,89)(H,90,91)/t76-,77-,78-/m1/s1. The third kappa shape index (κ3) is 76.1. The van der Waals surface area contributed by atoms with Crippen LogP contribution in [0.3, 0.4) is 0 Å². The van der Waals surface area contributed by atoms with Gasteiger partial charge in [0.05, 0.1) is 26.4 Å². The normalized spacial score (nSPS) is 13.9. The molecular weight excluding hydrogens is 1320 g/mol. The van der Waals surface area contributed by atoms with Crippen LogP contribution in [0.15, 0.2) is 0 Å². The summed E-state index contributed by atoms with van der Waals surface area (Å²) in [5, 5.41) is 10.6. The van der Waals surface area contributed by atoms with E-state index in [0.717, 1.165) is 102 Å². The number of phosphoric acid groups is 2. The Morgan fingerprint density at radius 3 is 0.673 bits per heavy atom. The van der Waals surface area contributed by atoms with Crippen LogP contribution in [0.1, 0.15) is 433 Å². The Hall–Kier alpha value is -1.94. The number of ether oxygens (including phenoxy) is 4. The number of rotatable bonds is 81. The Morgan fingerprint density at radius 2 is 0.455 bits per heavy atom. The predicted octanol–water partition coefficient (Wildman–Crippen LogP) is 24.7. The van der Waals surface area contributed by atoms with Crippen molar-refractivity contribution >= 4 is 39.5 Å². The van der Waals surface area contributed by atoms with Crippen LogP contribution in [0.5, 0.6) is 0 Å². The molecule has 0 aliphatic rings. The summed E-state index contributed by atoms with van der Waals surface area (Å²) >= 11 is 0. The van der Waals surface area contributed by atoms with Crippen LogP contribution in [0.25, 0.3) is 0 Å². The molecule has 0 saturated carbocycles. The maximum atomic E-state index is 13.1. The molecular formula is C82H160O17P2. The summed E-state index contributed by atoms with van der Waals surface area (Å²) in [7, 11) is -9.92. The lowest BCUT2D eigenvalue weighted by Crippen LogP contribution is -2.30. The van der Waals surface area contributed by atoms with Crippen LogP contribution >= 0.6 is 15.6 Å². The fraction of sp³-hybridized carbons (Fsp3) is 0.951. The average Bonchev–Trinajstić information content (AvgIpc) is 0.961. The minimum Gasteiger partial charge on any atom is -0.462 e. The van der Waals surface area contributed by atoms with Gasteiger partial charge in [0.1, 0.15) is 19.3 Å². The van der Waals surface area contributed by atoms with Gasteiger partial charge in [0, 0.05) is 25.7 Å². The van der Waals surface area contributed by atoms with E-state index >= 15 is 0 Å². The van der Waals surface area contributed by atoms with Gasteiger partial charge in [-0.05, 0) is 37.5 Å². The van der Waals surface area contributed by atoms with E-state index in [4.69, 9.17) is 37.0 Å². The van der Waals surface area contributed by atoms with Gasteiger partial charge in [0.15, 0.2) is 12.2 Å². The summed E-state index contributed by atoms with van der Waals surface area (Å²) in [4.78, 5) is 73.0. The van der Waals surface area contributed by atoms with Gasteiger partial charge < -0.3 is 33.8 Å². The van der Waals surface area contributed by atoms with Crippen molar-refractivity contribution in [2.75, 3.05) is 39.6 Å². The number of esters is 4. The van der Waals surface area contributed by atoms with Gasteiger partial charge in [-0.25, -0.2) is 9.13 Å². The maximum absolute atomic E-state index is 13.1. The van der Waals surface area contributed by atoms with E-state index in [-0.39, 0.29) is 25.7 Å². The Labute approximate surface area is 619 Å². The van der Waals surface area contributed by atoms with E-state index in [1.54, 1.807) is 0 Å². The van der Waals surface area contributed by atoms with Gasteiger partial charge in [0.2, 0.25) is 0 Å². The first kappa shape index (κ1) is 99.1. The van der Waals surface area contributed by atoms with Crippen molar-refractivity contribution < 1.29 is 80.2 Å². The summed E-state index contributed by atoms with van der Waals surface area (Å²) in [5.41, 5.74) is 0. The minimum absolute atomic E-state index is 0.105. The number of phosphoric ester groups is 2. The molecule has 0 spiro atoms. The van der Waals surface area contributed by atoms with Crippen LogP contribution in [0.2, 0.25) is 0 Å². The van der Waals surface area contributed by atoms with Gasteiger partial charge in [0.25, 0.3) is 0 Å². The van der Waals surface area contributed by atoms with Crippen LogP contribution in [0, 0.1) is 11.8 Å². The van der Waals surface area contributed by atoms with Gasteiger partial charge in [-0.3, -0.25) is 37.3 Å². The highest BCUT2D eigenvalue weighted by Crippen LogP contribution is 2.45. The molecule has 0 rings (SSSR count). The fourth-order valence-corrected chi connectivity index (χ4v) is 14.3. The number of hydrogen-bond acceptors (Lipinski definition) is 15. The Bertz CT molecular complexity index is 1940. The van der Waals surface area contributed by atoms with Gasteiger partial charge in [-0.2, -0.15) is 0 Å². The van der Waals surface area contributed by atoms with E-state index in [2.05, 4.69) is 41.5 Å². The zero-order chi connectivity index (χ0) is 74.2. The first-order valence-electron chi connectivity index (χ1n) is 42.5. The summed E-state index contributed by atoms with van der Waals surface area (Å²) < 4.78 is 68.7. The van der Waals surface area contributed by atoms with Gasteiger partial charge in [-0.1, -0.05) is 382 Å². The fourth-order valence-electron chi connectivity index (χ4n) is 12.7. The topological polar surface area (TPSA) is 237 Å². The predicted molar refractivity (Wildman–Crippen MR) is 414 cm³/mol. The molecule has 5 atom stereocenters. The van der Waals surface area contributed by atoms with Crippen molar-refractivity contribution in [2.24, 2.45) is 11.8 Å². The third-order valence-corrected chi connectivity index (χ3v) is 21.1. The lowest BCUT2D eigenvalue weighted by Gasteiger charge is -2.21. The molecule has 0 fully saturated rings. The summed E-state index contributed by atoms with van der Waals surface area (Å²) in [5.74, 6) is -0.578. The summed E-state index contributed by atoms with van der Waals surface area (Å²) in [6.45, 7) is 9.62. The molecule has 19 heteroatoms. The maximum Gasteiger partial charge on any atom is 0.472 e. The Balaban J connectivity index is 5.21. The molecule has 0 aliphatic heterocycles. The van der Waals surface area contributed by atoms with E-state index in [1.165, 1.54) is 250 Å². The molecule has 0 aromatic heterocycles. The minimum atomic E-state index is -4.96. The average molecular weight is 1480 g/mol. The molecule has 0 aromatic carbocycles. The molecule has 0 aliphatic carbocycles. The lowest BCUT2D eigenvalue weighted by molar-refractivity contribution is -0.161. The van der Waals surface area contributed by atoms with Crippen molar-refractivity contribution in [1.82, 2.24) is 0 Å². The SMILES string of the molecule is CCCCCCCCCCCCCCCCCCCCCCC(=O)O[C@H](COC(=O)CCCCCCCCCCCCCCCCCCC(C)C)COP(=O)(O)OC[C@@H](O)COP(=O)(O)OC[C@@H](COC(=O)CCCCCCCCCCCCC)OC(=O)CCCCCCCCCCC(C)C. The van der Waals surface area contributed by atoms with E-state index in [1.807, 2.05) is 0 Å². The first-order valence-corrected chi connectivity index (χ1v) is 45.5. The zero-order valence-electron chi connectivity index (χ0n) is 66.2. The number of aliphatic hydroxyl groups is 1. The molecule has 0 bridgehead atoms. The smallest absolute Gasteiger partial charge is 0.462 e. The molecule has 101 heavy (non-hydrogen) atoms. The number of aliphatic hydroxyl groups excluding tert-OH is 1. The highest BCUT2D eigenvalue weighted by Gasteiger charge is 2.30. The molecule has 0 amide bonds. The van der Waals surface area contributed by atoms with Crippen molar-refractivity contribution in [3.05, 3.63) is 0 Å². The monoisotopic (exact) mass is 1480 g/mol. The van der Waals surface area contributed by atoms with Crippen LogP contribution in [-0.4, -0.2) is 96.7 Å². The molecule has 0 saturated heterocycles. The summed E-state index contributed by atoms with van der Waals surface area (Å²) in [6.07, 6.45) is 64.0. The quantitative estimate of drug-likeness (QED) is 0.0222. The Morgan fingerprint density at radius 1 is 0.267 bits per heavy atom. The van der Waals surface area contributed by atoms with Gasteiger partial charge in [-0.15, -0.1) is 0 Å². The number of carbonyl (C=O) groups is 4. The highest BCUT2D eigenvalue weighted by molar-refractivity contribution is 7.47. The van der Waals surface area contributed by atoms with E-state index in [9.17, 15) is 43.2 Å². The molecule has 0 aromatic rings. The second-order valence-corrected chi connectivity index (χ2v) is 33.4. The summed E-state index contributed by atoms with van der Waals surface area (Å²) in [6, 6.07) is 0. The Kier molecular flexibility index (Phi) is 72.2. The first-order chi connectivity index (χ1) is 48.9. The molecule has 0 heterocycles. The zero-order valence-corrected chi connectivity index (χ0v) is 68.0. The largest absolute Gasteiger partial charge is 0.472 e. The second kappa shape index (κ2) is 73.6. The number of carbonyl (C=O) groups excluding carboxylic acids is 4. The molecule has 3 N–H and O–H groups in total. The van der Waals surface area contributed by atoms with Crippen LogP contribution in [-0.2, 0) is 65.4 Å². The van der Waals surface area contributed by atoms with Crippen LogP contribution < -0.4 is 0 Å². The van der Waals surface area contributed by atoms with Crippen LogP contribution in [0.4, 0.5) is 0 Å². The van der Waals surface area contributed by atoms with Crippen molar-refractivity contribution in [3.63, 3.8) is 0 Å². The number of unbranched alkanes of at least 4 members (excludes halogenated alkanes) is 51. The highest BCUT2D eigenvalue weighted by atomic mass is 31.2. The lowest BCUT2D eigenvalue weighted by atomic mass is 10.0. The second-order valence-electron chi connectivity index (χ2n) is 30.5. The third-order valence-electron chi connectivity index (χ3n) is 19.2. The van der Waals surface area contributed by atoms with Crippen molar-refractivity contribution in [2.45, 2.75) is 452 Å². The van der Waals surface area contributed by atoms with Crippen molar-refractivity contribution in [3.8, 4) is 0 Å². The van der Waals surface area contributed by atoms with E-state index < -0.39 is 97.5 Å². The molecule has 17 nitrogen and oxygen atoms in total. The molecule has 2 unspecified atom stereocenters.